The van der Waals surface area contributed by atoms with E-state index < -0.39 is 0 Å². The number of nitrogens with zero attached hydrogens (tertiary/aromatic N) is 1. The van der Waals surface area contributed by atoms with Crippen LogP contribution in [-0.2, 0) is 16.1 Å². The van der Waals surface area contributed by atoms with E-state index in [1.807, 2.05) is 19.1 Å². The summed E-state index contributed by atoms with van der Waals surface area (Å²) < 4.78 is 12.9. The van der Waals surface area contributed by atoms with Gasteiger partial charge in [0.25, 0.3) is 0 Å². The number of thioether (sulfide) groups is 1. The Hall–Kier alpha value is -2.05. The molecule has 138 valence electrons. The zero-order chi connectivity index (χ0) is 18.9. The molecule has 4 nitrogen and oxygen atoms in total. The zero-order valence-electron chi connectivity index (χ0n) is 14.4. The minimum absolute atomic E-state index is 0.00228. The molecule has 0 aliphatic carbocycles. The van der Waals surface area contributed by atoms with Crippen LogP contribution in [0.3, 0.4) is 0 Å². The Morgan fingerprint density at radius 1 is 1.12 bits per heavy atom. The van der Waals surface area contributed by atoms with Gasteiger partial charge < -0.3 is 10.2 Å². The van der Waals surface area contributed by atoms with Crippen molar-refractivity contribution in [2.24, 2.45) is 0 Å². The lowest BCUT2D eigenvalue weighted by Crippen LogP contribution is -2.41. The van der Waals surface area contributed by atoms with E-state index in [-0.39, 0.29) is 29.9 Å². The Morgan fingerprint density at radius 2 is 1.77 bits per heavy atom. The lowest BCUT2D eigenvalue weighted by molar-refractivity contribution is -0.133. The van der Waals surface area contributed by atoms with Gasteiger partial charge in [0.2, 0.25) is 11.8 Å². The highest BCUT2D eigenvalue weighted by Crippen LogP contribution is 2.20. The molecule has 0 saturated carbocycles. The molecule has 0 aliphatic rings. The van der Waals surface area contributed by atoms with Crippen LogP contribution in [0.15, 0.2) is 53.4 Å². The van der Waals surface area contributed by atoms with Crippen LogP contribution >= 0.6 is 23.4 Å². The maximum absolute atomic E-state index is 12.9. The Balaban J connectivity index is 1.78. The molecule has 0 heterocycles. The van der Waals surface area contributed by atoms with E-state index in [1.54, 1.807) is 24.3 Å². The van der Waals surface area contributed by atoms with Crippen molar-refractivity contribution in [1.82, 2.24) is 10.2 Å². The summed E-state index contributed by atoms with van der Waals surface area (Å²) in [6.07, 6.45) is 0. The molecular formula is C19H20ClFN2O2S. The number of amides is 2. The Kier molecular flexibility index (Phi) is 7.94. The fourth-order valence-corrected chi connectivity index (χ4v) is 3.10. The molecule has 0 aromatic heterocycles. The van der Waals surface area contributed by atoms with E-state index in [1.165, 1.54) is 28.8 Å². The molecule has 0 saturated heterocycles. The van der Waals surface area contributed by atoms with Gasteiger partial charge in [-0.3, -0.25) is 9.59 Å². The highest BCUT2D eigenvalue weighted by molar-refractivity contribution is 8.00. The molecule has 2 aromatic rings. The largest absolute Gasteiger partial charge is 0.350 e. The van der Waals surface area contributed by atoms with Crippen LogP contribution in [0.5, 0.6) is 0 Å². The van der Waals surface area contributed by atoms with Crippen molar-refractivity contribution in [3.63, 3.8) is 0 Å². The molecule has 0 radical (unpaired) electrons. The number of nitrogens with one attached hydrogen (secondary N) is 1. The van der Waals surface area contributed by atoms with Gasteiger partial charge >= 0.3 is 0 Å². The second-order valence-electron chi connectivity index (χ2n) is 5.55. The van der Waals surface area contributed by atoms with Gasteiger partial charge in [-0.2, -0.15) is 0 Å². The molecule has 0 unspecified atom stereocenters. The van der Waals surface area contributed by atoms with Crippen LogP contribution in [0, 0.1) is 5.82 Å². The van der Waals surface area contributed by atoms with Crippen LogP contribution in [0.4, 0.5) is 4.39 Å². The lowest BCUT2D eigenvalue weighted by Gasteiger charge is -2.20. The number of hydrogen-bond donors (Lipinski definition) is 1. The first-order valence-electron chi connectivity index (χ1n) is 8.15. The predicted octanol–water partition coefficient (Wildman–Crippen LogP) is 3.74. The Bertz CT molecular complexity index is 738. The molecule has 7 heteroatoms. The van der Waals surface area contributed by atoms with Crippen molar-refractivity contribution in [2.45, 2.75) is 18.4 Å². The summed E-state index contributed by atoms with van der Waals surface area (Å²) >= 11 is 7.24. The van der Waals surface area contributed by atoms with Crippen molar-refractivity contribution >= 4 is 35.2 Å². The molecule has 2 aromatic carbocycles. The second-order valence-corrected chi connectivity index (χ2v) is 7.04. The lowest BCUT2D eigenvalue weighted by atomic mass is 10.2. The minimum atomic E-state index is -0.319. The summed E-state index contributed by atoms with van der Waals surface area (Å²) in [7, 11) is 0. The molecule has 1 N–H and O–H groups in total. The Morgan fingerprint density at radius 3 is 2.38 bits per heavy atom. The molecule has 2 amide bonds. The van der Waals surface area contributed by atoms with Gasteiger partial charge in [-0.05, 0) is 48.9 Å². The van der Waals surface area contributed by atoms with Gasteiger partial charge in [0.1, 0.15) is 5.82 Å². The third-order valence-corrected chi connectivity index (χ3v) is 4.90. The molecule has 26 heavy (non-hydrogen) atoms. The zero-order valence-corrected chi connectivity index (χ0v) is 15.9. The number of halogens is 2. The van der Waals surface area contributed by atoms with E-state index in [9.17, 15) is 14.0 Å². The first kappa shape index (κ1) is 20.3. The summed E-state index contributed by atoms with van der Waals surface area (Å²) in [5.74, 6) is -0.424. The summed E-state index contributed by atoms with van der Waals surface area (Å²) in [5, 5.41) is 3.39. The van der Waals surface area contributed by atoms with Gasteiger partial charge in [0.05, 0.1) is 12.3 Å². The first-order valence-corrected chi connectivity index (χ1v) is 9.51. The van der Waals surface area contributed by atoms with Crippen molar-refractivity contribution < 1.29 is 14.0 Å². The summed E-state index contributed by atoms with van der Waals surface area (Å²) in [6, 6.07) is 13.2. The van der Waals surface area contributed by atoms with Crippen LogP contribution in [0.1, 0.15) is 12.5 Å². The van der Waals surface area contributed by atoms with Gasteiger partial charge in [-0.1, -0.05) is 23.7 Å². The fraction of sp³-hybridized carbons (Fsp3) is 0.263. The van der Waals surface area contributed by atoms with Gasteiger partial charge in [0, 0.05) is 23.0 Å². The molecule has 0 bridgehead atoms. The third kappa shape index (κ3) is 6.69. The van der Waals surface area contributed by atoms with E-state index in [4.69, 9.17) is 11.6 Å². The number of carbonyl (C=O) groups is 2. The number of likely N-dealkylation sites (N-methyl/N-ethyl adjacent to an activating group) is 1. The van der Waals surface area contributed by atoms with E-state index in [0.717, 1.165) is 10.5 Å². The summed E-state index contributed by atoms with van der Waals surface area (Å²) in [6.45, 7) is 2.57. The second kappa shape index (κ2) is 10.2. The number of carbonyl (C=O) groups excluding carboxylic acids is 2. The number of hydrogen-bond acceptors (Lipinski definition) is 3. The molecule has 0 fully saturated rings. The molecular weight excluding hydrogens is 375 g/mol. The minimum Gasteiger partial charge on any atom is -0.350 e. The highest BCUT2D eigenvalue weighted by atomic mass is 35.5. The van der Waals surface area contributed by atoms with Crippen molar-refractivity contribution in [3.05, 3.63) is 64.9 Å². The van der Waals surface area contributed by atoms with Crippen LogP contribution in [0.25, 0.3) is 0 Å². The normalized spacial score (nSPS) is 10.4. The standard InChI is InChI=1S/C19H20ClFN2O2S/c1-2-23(19(25)13-26-17-9-5-15(20)6-10-17)12-18(24)22-11-14-3-7-16(21)8-4-14/h3-10H,2,11-13H2,1H3,(H,22,24). The van der Waals surface area contributed by atoms with E-state index in [0.29, 0.717) is 18.1 Å². The van der Waals surface area contributed by atoms with Crippen LogP contribution in [0.2, 0.25) is 5.02 Å². The van der Waals surface area contributed by atoms with Crippen LogP contribution < -0.4 is 5.32 Å². The average Bonchev–Trinajstić information content (AvgIpc) is 2.65. The maximum atomic E-state index is 12.9. The SMILES string of the molecule is CCN(CC(=O)NCc1ccc(F)cc1)C(=O)CSc1ccc(Cl)cc1. The predicted molar refractivity (Wildman–Crippen MR) is 103 cm³/mol. The topological polar surface area (TPSA) is 49.4 Å². The smallest absolute Gasteiger partial charge is 0.239 e. The van der Waals surface area contributed by atoms with Crippen molar-refractivity contribution in [2.75, 3.05) is 18.8 Å². The highest BCUT2D eigenvalue weighted by Gasteiger charge is 2.15. The number of rotatable bonds is 8. The summed E-state index contributed by atoms with van der Waals surface area (Å²) in [4.78, 5) is 26.8. The van der Waals surface area contributed by atoms with Gasteiger partial charge in [-0.25, -0.2) is 4.39 Å². The van der Waals surface area contributed by atoms with Crippen molar-refractivity contribution in [3.8, 4) is 0 Å². The summed E-state index contributed by atoms with van der Waals surface area (Å²) in [5.41, 5.74) is 0.799. The Labute approximate surface area is 161 Å². The van der Waals surface area contributed by atoms with Gasteiger partial charge in [-0.15, -0.1) is 11.8 Å². The average molecular weight is 395 g/mol. The number of benzene rings is 2. The monoisotopic (exact) mass is 394 g/mol. The molecule has 0 atom stereocenters. The maximum Gasteiger partial charge on any atom is 0.239 e. The van der Waals surface area contributed by atoms with Crippen molar-refractivity contribution in [1.29, 1.82) is 0 Å². The van der Waals surface area contributed by atoms with E-state index >= 15 is 0 Å². The van der Waals surface area contributed by atoms with E-state index in [2.05, 4.69) is 5.32 Å². The van der Waals surface area contributed by atoms with Gasteiger partial charge in [0.15, 0.2) is 0 Å². The van der Waals surface area contributed by atoms with Crippen LogP contribution in [-0.4, -0.2) is 35.6 Å². The molecule has 0 aliphatic heterocycles. The first-order chi connectivity index (χ1) is 12.5. The fourth-order valence-electron chi connectivity index (χ4n) is 2.18. The third-order valence-electron chi connectivity index (χ3n) is 3.65. The molecule has 2 rings (SSSR count). The quantitative estimate of drug-likeness (QED) is 0.694. The molecule has 0 spiro atoms.